The zero-order valence-electron chi connectivity index (χ0n) is 10.1. The average Bonchev–Trinajstić information content (AvgIpc) is 2.36. The SMILES string of the molecule is Cc1cc(=O)[nH]c(SCC(=O)c2ccc(Br)cc2)n1. The standard InChI is InChI=1S/C13H11BrN2O2S/c1-8-6-12(18)16-13(15-8)19-7-11(17)9-2-4-10(14)5-3-9/h2-6H,7H2,1H3,(H,15,16,18). The van der Waals surface area contributed by atoms with E-state index in [1.54, 1.807) is 19.1 Å². The number of Topliss-reactive ketones (excluding diaryl/α,β-unsaturated/α-hetero) is 1. The number of rotatable bonds is 4. The predicted octanol–water partition coefficient (Wildman–Crippen LogP) is 2.82. The Morgan fingerprint density at radius 3 is 2.68 bits per heavy atom. The summed E-state index contributed by atoms with van der Waals surface area (Å²) in [7, 11) is 0. The van der Waals surface area contributed by atoms with Crippen LogP contribution in [0.5, 0.6) is 0 Å². The van der Waals surface area contributed by atoms with Crippen LogP contribution in [0.25, 0.3) is 0 Å². The lowest BCUT2D eigenvalue weighted by Gasteiger charge is -2.02. The summed E-state index contributed by atoms with van der Waals surface area (Å²) in [5.41, 5.74) is 1.08. The summed E-state index contributed by atoms with van der Waals surface area (Å²) < 4.78 is 0.932. The number of carbonyl (C=O) groups is 1. The lowest BCUT2D eigenvalue weighted by molar-refractivity contribution is 0.102. The lowest BCUT2D eigenvalue weighted by atomic mass is 10.2. The molecule has 0 spiro atoms. The Labute approximate surface area is 122 Å². The van der Waals surface area contributed by atoms with E-state index in [9.17, 15) is 9.59 Å². The van der Waals surface area contributed by atoms with Gasteiger partial charge in [-0.2, -0.15) is 0 Å². The molecule has 1 N–H and O–H groups in total. The molecule has 0 saturated carbocycles. The molecule has 98 valence electrons. The minimum atomic E-state index is -0.203. The molecule has 4 nitrogen and oxygen atoms in total. The van der Waals surface area contributed by atoms with E-state index >= 15 is 0 Å². The molecule has 0 fully saturated rings. The summed E-state index contributed by atoms with van der Waals surface area (Å²) in [4.78, 5) is 30.0. The highest BCUT2D eigenvalue weighted by atomic mass is 79.9. The number of benzene rings is 1. The molecule has 0 aliphatic heterocycles. The van der Waals surface area contributed by atoms with Gasteiger partial charge in [-0.15, -0.1) is 0 Å². The van der Waals surface area contributed by atoms with Gasteiger partial charge in [0.2, 0.25) is 0 Å². The van der Waals surface area contributed by atoms with Gasteiger partial charge in [0.25, 0.3) is 5.56 Å². The molecule has 0 atom stereocenters. The number of aromatic amines is 1. The molecule has 0 aliphatic rings. The van der Waals surface area contributed by atoms with E-state index in [-0.39, 0.29) is 17.1 Å². The van der Waals surface area contributed by atoms with Gasteiger partial charge in [0.1, 0.15) is 0 Å². The third-order valence-corrected chi connectivity index (χ3v) is 3.76. The summed E-state index contributed by atoms with van der Waals surface area (Å²) >= 11 is 4.55. The first-order valence-electron chi connectivity index (χ1n) is 5.54. The van der Waals surface area contributed by atoms with Gasteiger partial charge in [0.05, 0.1) is 5.75 Å². The van der Waals surface area contributed by atoms with Crippen molar-refractivity contribution in [1.82, 2.24) is 9.97 Å². The maximum Gasteiger partial charge on any atom is 0.251 e. The second-order valence-corrected chi connectivity index (χ2v) is 5.79. The molecular formula is C13H11BrN2O2S. The molecule has 6 heteroatoms. The van der Waals surface area contributed by atoms with Gasteiger partial charge in [0, 0.05) is 21.8 Å². The van der Waals surface area contributed by atoms with Gasteiger partial charge in [-0.25, -0.2) is 4.98 Å². The summed E-state index contributed by atoms with van der Waals surface area (Å²) in [6.07, 6.45) is 0. The number of aromatic nitrogens is 2. The Bertz CT molecular complexity index is 652. The Kier molecular flexibility index (Phi) is 4.55. The molecule has 1 aromatic heterocycles. The van der Waals surface area contributed by atoms with Crippen molar-refractivity contribution in [3.05, 3.63) is 56.4 Å². The van der Waals surface area contributed by atoms with E-state index in [1.165, 1.54) is 17.8 Å². The molecule has 1 aromatic carbocycles. The predicted molar refractivity (Wildman–Crippen MR) is 78.8 cm³/mol. The first-order valence-corrected chi connectivity index (χ1v) is 7.32. The molecule has 2 rings (SSSR count). The van der Waals surface area contributed by atoms with Crippen LogP contribution in [-0.4, -0.2) is 21.5 Å². The first kappa shape index (κ1) is 14.0. The van der Waals surface area contributed by atoms with Crippen molar-refractivity contribution >= 4 is 33.5 Å². The van der Waals surface area contributed by atoms with Crippen LogP contribution in [0.3, 0.4) is 0 Å². The summed E-state index contributed by atoms with van der Waals surface area (Å²) in [6.45, 7) is 1.75. The molecule has 2 aromatic rings. The second kappa shape index (κ2) is 6.16. The topological polar surface area (TPSA) is 62.8 Å². The maximum atomic E-state index is 11.9. The number of thioether (sulfide) groups is 1. The van der Waals surface area contributed by atoms with Gasteiger partial charge < -0.3 is 4.98 Å². The Balaban J connectivity index is 2.04. The van der Waals surface area contributed by atoms with Crippen LogP contribution in [0, 0.1) is 6.92 Å². The van der Waals surface area contributed by atoms with E-state index in [4.69, 9.17) is 0 Å². The number of halogens is 1. The molecule has 0 aliphatic carbocycles. The number of nitrogens with zero attached hydrogens (tertiary/aromatic N) is 1. The van der Waals surface area contributed by atoms with Crippen LogP contribution in [0.15, 0.2) is 44.8 Å². The third-order valence-electron chi connectivity index (χ3n) is 2.35. The molecule has 0 radical (unpaired) electrons. The Hall–Kier alpha value is -1.40. The molecule has 0 bridgehead atoms. The molecule has 0 amide bonds. The van der Waals surface area contributed by atoms with Crippen molar-refractivity contribution in [3.8, 4) is 0 Å². The van der Waals surface area contributed by atoms with E-state index in [2.05, 4.69) is 25.9 Å². The van der Waals surface area contributed by atoms with E-state index in [1.807, 2.05) is 12.1 Å². The summed E-state index contributed by atoms with van der Waals surface area (Å²) in [5, 5.41) is 0.468. The second-order valence-electron chi connectivity index (χ2n) is 3.91. The fraction of sp³-hybridized carbons (Fsp3) is 0.154. The van der Waals surface area contributed by atoms with E-state index in [0.717, 1.165) is 4.47 Å². The molecular weight excluding hydrogens is 328 g/mol. The van der Waals surface area contributed by atoms with Gasteiger partial charge in [-0.1, -0.05) is 39.8 Å². The molecule has 0 saturated heterocycles. The number of nitrogens with one attached hydrogen (secondary N) is 1. The van der Waals surface area contributed by atoms with Crippen LogP contribution >= 0.6 is 27.7 Å². The largest absolute Gasteiger partial charge is 0.301 e. The lowest BCUT2D eigenvalue weighted by Crippen LogP contribution is -2.09. The molecule has 0 unspecified atom stereocenters. The van der Waals surface area contributed by atoms with Crippen LogP contribution in [-0.2, 0) is 0 Å². The highest BCUT2D eigenvalue weighted by Crippen LogP contribution is 2.16. The van der Waals surface area contributed by atoms with E-state index in [0.29, 0.717) is 16.4 Å². The van der Waals surface area contributed by atoms with Crippen molar-refractivity contribution < 1.29 is 4.79 Å². The molecule has 19 heavy (non-hydrogen) atoms. The molecule has 1 heterocycles. The Morgan fingerprint density at radius 1 is 1.37 bits per heavy atom. The number of hydrogen-bond acceptors (Lipinski definition) is 4. The van der Waals surface area contributed by atoms with Crippen LogP contribution in [0.1, 0.15) is 16.1 Å². The van der Waals surface area contributed by atoms with Crippen LogP contribution in [0.4, 0.5) is 0 Å². The van der Waals surface area contributed by atoms with Crippen molar-refractivity contribution in [3.63, 3.8) is 0 Å². The Morgan fingerprint density at radius 2 is 2.05 bits per heavy atom. The zero-order chi connectivity index (χ0) is 13.8. The normalized spacial score (nSPS) is 10.4. The fourth-order valence-electron chi connectivity index (χ4n) is 1.47. The highest BCUT2D eigenvalue weighted by Gasteiger charge is 2.08. The van der Waals surface area contributed by atoms with Crippen molar-refractivity contribution in [2.75, 3.05) is 5.75 Å². The van der Waals surface area contributed by atoms with Crippen molar-refractivity contribution in [2.24, 2.45) is 0 Å². The smallest absolute Gasteiger partial charge is 0.251 e. The van der Waals surface area contributed by atoms with E-state index < -0.39 is 0 Å². The van der Waals surface area contributed by atoms with Crippen molar-refractivity contribution in [2.45, 2.75) is 12.1 Å². The van der Waals surface area contributed by atoms with Gasteiger partial charge in [-0.05, 0) is 19.1 Å². The van der Waals surface area contributed by atoms with Crippen LogP contribution < -0.4 is 5.56 Å². The van der Waals surface area contributed by atoms with Crippen molar-refractivity contribution in [1.29, 1.82) is 0 Å². The van der Waals surface area contributed by atoms with Gasteiger partial charge in [0.15, 0.2) is 10.9 Å². The minimum Gasteiger partial charge on any atom is -0.301 e. The van der Waals surface area contributed by atoms with Crippen LogP contribution in [0.2, 0.25) is 0 Å². The number of hydrogen-bond donors (Lipinski definition) is 1. The maximum absolute atomic E-state index is 11.9. The summed E-state index contributed by atoms with van der Waals surface area (Å²) in [6, 6.07) is 8.59. The van der Waals surface area contributed by atoms with Gasteiger partial charge in [-0.3, -0.25) is 9.59 Å². The number of aryl methyl sites for hydroxylation is 1. The average molecular weight is 339 g/mol. The zero-order valence-corrected chi connectivity index (χ0v) is 12.5. The minimum absolute atomic E-state index is 0.00153. The summed E-state index contributed by atoms with van der Waals surface area (Å²) in [5.74, 6) is 0.246. The van der Waals surface area contributed by atoms with Gasteiger partial charge >= 0.3 is 0 Å². The highest BCUT2D eigenvalue weighted by molar-refractivity contribution is 9.10. The first-order chi connectivity index (χ1) is 9.04. The number of H-pyrrole nitrogens is 1. The third kappa shape index (κ3) is 4.04. The monoisotopic (exact) mass is 338 g/mol. The fourth-order valence-corrected chi connectivity index (χ4v) is 2.55. The quantitative estimate of drug-likeness (QED) is 0.529. The number of ketones is 1. The number of carbonyl (C=O) groups excluding carboxylic acids is 1.